The van der Waals surface area contributed by atoms with Gasteiger partial charge in [-0.3, -0.25) is 0 Å². The van der Waals surface area contributed by atoms with Crippen LogP contribution in [0.25, 0.3) is 0 Å². The molecule has 0 bridgehead atoms. The summed E-state index contributed by atoms with van der Waals surface area (Å²) in [5, 5.41) is 3.30. The van der Waals surface area contributed by atoms with Crippen LogP contribution in [0.15, 0.2) is 12.4 Å². The lowest BCUT2D eigenvalue weighted by molar-refractivity contribution is 0.136. The Morgan fingerprint density at radius 1 is 1.47 bits per heavy atom. The smallest absolute Gasteiger partial charge is 0.110 e. The zero-order valence-electron chi connectivity index (χ0n) is 9.86. The van der Waals surface area contributed by atoms with Crippen molar-refractivity contribution in [3.05, 3.63) is 18.2 Å². The van der Waals surface area contributed by atoms with Crippen molar-refractivity contribution in [2.24, 2.45) is 7.05 Å². The van der Waals surface area contributed by atoms with Crippen molar-refractivity contribution in [1.82, 2.24) is 14.9 Å². The minimum Gasteiger partial charge on any atom is -0.380 e. The summed E-state index contributed by atoms with van der Waals surface area (Å²) in [6.45, 7) is 6.69. The lowest BCUT2D eigenvalue weighted by atomic mass is 10.4. The largest absolute Gasteiger partial charge is 0.380 e. The van der Waals surface area contributed by atoms with Gasteiger partial charge >= 0.3 is 0 Å². The van der Waals surface area contributed by atoms with Crippen LogP contribution in [0.1, 0.15) is 19.7 Å². The van der Waals surface area contributed by atoms with E-state index < -0.39 is 0 Å². The van der Waals surface area contributed by atoms with Crippen LogP contribution in [0.4, 0.5) is 0 Å². The summed E-state index contributed by atoms with van der Waals surface area (Å²) in [7, 11) is 2.00. The van der Waals surface area contributed by atoms with E-state index in [2.05, 4.69) is 24.1 Å². The molecule has 0 amide bonds. The van der Waals surface area contributed by atoms with Crippen LogP contribution in [0, 0.1) is 0 Å². The first-order chi connectivity index (χ1) is 7.20. The first kappa shape index (κ1) is 12.2. The van der Waals surface area contributed by atoms with Gasteiger partial charge in [0.25, 0.3) is 0 Å². The Labute approximate surface area is 91.7 Å². The van der Waals surface area contributed by atoms with Gasteiger partial charge in [-0.1, -0.05) is 13.8 Å². The number of hydrogen-bond donors (Lipinski definition) is 1. The number of aromatic nitrogens is 2. The van der Waals surface area contributed by atoms with Crippen molar-refractivity contribution in [3.8, 4) is 0 Å². The summed E-state index contributed by atoms with van der Waals surface area (Å²) >= 11 is 0. The molecule has 1 N–H and O–H groups in total. The predicted molar refractivity (Wildman–Crippen MR) is 60.9 cm³/mol. The Hall–Kier alpha value is -0.870. The molecule has 0 atom stereocenters. The monoisotopic (exact) mass is 211 g/mol. The molecule has 0 radical (unpaired) electrons. The van der Waals surface area contributed by atoms with E-state index in [1.165, 1.54) is 0 Å². The summed E-state index contributed by atoms with van der Waals surface area (Å²) in [5.41, 5.74) is 0. The van der Waals surface area contributed by atoms with Crippen molar-refractivity contribution in [2.45, 2.75) is 26.3 Å². The van der Waals surface area contributed by atoms with E-state index in [4.69, 9.17) is 4.74 Å². The van der Waals surface area contributed by atoms with Gasteiger partial charge in [-0.2, -0.15) is 0 Å². The predicted octanol–water partition coefficient (Wildman–Crippen LogP) is 0.977. The summed E-state index contributed by atoms with van der Waals surface area (Å²) < 4.78 is 7.52. The van der Waals surface area contributed by atoms with Crippen LogP contribution in [0.2, 0.25) is 0 Å². The fraction of sp³-hybridized carbons (Fsp3) is 0.727. The summed E-state index contributed by atoms with van der Waals surface area (Å²) in [5.74, 6) is 1.08. The van der Waals surface area contributed by atoms with Gasteiger partial charge in [-0.25, -0.2) is 4.98 Å². The molecule has 86 valence electrons. The molecule has 4 nitrogen and oxygen atoms in total. The molecule has 0 saturated heterocycles. The molecular formula is C11H21N3O. The van der Waals surface area contributed by atoms with Gasteiger partial charge in [-0.15, -0.1) is 0 Å². The Balaban J connectivity index is 2.00. The Morgan fingerprint density at radius 3 is 2.87 bits per heavy atom. The maximum atomic E-state index is 5.50. The molecule has 0 aromatic carbocycles. The topological polar surface area (TPSA) is 39.1 Å². The quantitative estimate of drug-likeness (QED) is 0.683. The number of nitrogens with zero attached hydrogens (tertiary/aromatic N) is 2. The van der Waals surface area contributed by atoms with Crippen molar-refractivity contribution in [3.63, 3.8) is 0 Å². The number of hydrogen-bond acceptors (Lipinski definition) is 3. The molecule has 0 unspecified atom stereocenters. The zero-order chi connectivity index (χ0) is 11.1. The number of aryl methyl sites for hydroxylation is 1. The maximum absolute atomic E-state index is 5.50. The second-order valence-electron chi connectivity index (χ2n) is 3.93. The van der Waals surface area contributed by atoms with E-state index in [-0.39, 0.29) is 0 Å². The third-order valence-corrected chi connectivity index (χ3v) is 2.19. The Bertz CT molecular complexity index is 271. The van der Waals surface area contributed by atoms with Gasteiger partial charge in [0, 0.05) is 38.4 Å². The van der Waals surface area contributed by atoms with Gasteiger partial charge in [-0.05, 0) is 0 Å². The molecule has 0 saturated carbocycles. The van der Waals surface area contributed by atoms with E-state index in [1.54, 1.807) is 0 Å². The maximum Gasteiger partial charge on any atom is 0.110 e. The molecule has 0 fully saturated rings. The molecule has 15 heavy (non-hydrogen) atoms. The first-order valence-corrected chi connectivity index (χ1v) is 5.47. The molecule has 0 aliphatic rings. The fourth-order valence-electron chi connectivity index (χ4n) is 1.32. The summed E-state index contributed by atoms with van der Waals surface area (Å²) in [4.78, 5) is 4.23. The first-order valence-electron chi connectivity index (χ1n) is 5.47. The highest BCUT2D eigenvalue weighted by Gasteiger charge is 1.98. The average molecular weight is 211 g/mol. The standard InChI is InChI=1S/C11H21N3O/c1-10(2)12-6-9-15-8-4-11-13-5-7-14(11)3/h5,7,10,12H,4,6,8-9H2,1-3H3. The van der Waals surface area contributed by atoms with Gasteiger partial charge in [0.2, 0.25) is 0 Å². The second kappa shape index (κ2) is 6.58. The van der Waals surface area contributed by atoms with Crippen LogP contribution < -0.4 is 5.32 Å². The van der Waals surface area contributed by atoms with Gasteiger partial charge in [0.15, 0.2) is 0 Å². The number of imidazole rings is 1. The summed E-state index contributed by atoms with van der Waals surface area (Å²) in [6, 6.07) is 0.531. The summed E-state index contributed by atoms with van der Waals surface area (Å²) in [6.07, 6.45) is 4.65. The highest BCUT2D eigenvalue weighted by molar-refractivity contribution is 4.90. The Kier molecular flexibility index (Phi) is 5.36. The molecule has 1 rings (SSSR count). The van der Waals surface area contributed by atoms with Crippen LogP contribution in [-0.2, 0) is 18.2 Å². The van der Waals surface area contributed by atoms with Crippen molar-refractivity contribution >= 4 is 0 Å². The van der Waals surface area contributed by atoms with Crippen LogP contribution >= 0.6 is 0 Å². The van der Waals surface area contributed by atoms with E-state index in [9.17, 15) is 0 Å². The van der Waals surface area contributed by atoms with E-state index >= 15 is 0 Å². The molecule has 1 aromatic heterocycles. The highest BCUT2D eigenvalue weighted by Crippen LogP contribution is 1.95. The second-order valence-corrected chi connectivity index (χ2v) is 3.93. The van der Waals surface area contributed by atoms with Crippen molar-refractivity contribution in [2.75, 3.05) is 19.8 Å². The number of nitrogens with one attached hydrogen (secondary N) is 1. The molecule has 0 aliphatic heterocycles. The molecule has 0 aliphatic carbocycles. The number of ether oxygens (including phenoxy) is 1. The minimum atomic E-state index is 0.531. The van der Waals surface area contributed by atoms with Gasteiger partial charge < -0.3 is 14.6 Å². The molecule has 4 heteroatoms. The zero-order valence-corrected chi connectivity index (χ0v) is 9.86. The van der Waals surface area contributed by atoms with E-state index in [1.807, 2.05) is 24.0 Å². The van der Waals surface area contributed by atoms with Crippen molar-refractivity contribution in [1.29, 1.82) is 0 Å². The lowest BCUT2D eigenvalue weighted by Gasteiger charge is -2.08. The van der Waals surface area contributed by atoms with Gasteiger partial charge in [0.1, 0.15) is 5.82 Å². The SMILES string of the molecule is CC(C)NCCOCCc1nccn1C. The molecule has 0 spiro atoms. The fourth-order valence-corrected chi connectivity index (χ4v) is 1.32. The van der Waals surface area contributed by atoms with Crippen LogP contribution in [-0.4, -0.2) is 35.4 Å². The van der Waals surface area contributed by atoms with E-state index in [0.29, 0.717) is 6.04 Å². The van der Waals surface area contributed by atoms with Crippen LogP contribution in [0.5, 0.6) is 0 Å². The Morgan fingerprint density at radius 2 is 2.27 bits per heavy atom. The third kappa shape index (κ3) is 4.95. The minimum absolute atomic E-state index is 0.531. The molecule has 1 heterocycles. The lowest BCUT2D eigenvalue weighted by Crippen LogP contribution is -2.27. The number of rotatable bonds is 7. The average Bonchev–Trinajstić information content (AvgIpc) is 2.57. The normalized spacial score (nSPS) is 11.2. The molecule has 1 aromatic rings. The van der Waals surface area contributed by atoms with E-state index in [0.717, 1.165) is 32.0 Å². The van der Waals surface area contributed by atoms with Crippen LogP contribution in [0.3, 0.4) is 0 Å². The highest BCUT2D eigenvalue weighted by atomic mass is 16.5. The molecular weight excluding hydrogens is 190 g/mol. The third-order valence-electron chi connectivity index (χ3n) is 2.19. The van der Waals surface area contributed by atoms with Gasteiger partial charge in [0.05, 0.1) is 13.2 Å². The van der Waals surface area contributed by atoms with Crippen molar-refractivity contribution < 1.29 is 4.74 Å².